The fourth-order valence-electron chi connectivity index (χ4n) is 5.28. The van der Waals surface area contributed by atoms with Crippen LogP contribution in [0.25, 0.3) is 0 Å². The molecule has 0 saturated carbocycles. The molecule has 6 heteroatoms. The van der Waals surface area contributed by atoms with Gasteiger partial charge in [0.05, 0.1) is 0 Å². The highest BCUT2D eigenvalue weighted by atomic mass is 16.5. The van der Waals surface area contributed by atoms with Gasteiger partial charge in [-0.05, 0) is 36.4 Å². The molecule has 0 bridgehead atoms. The van der Waals surface area contributed by atoms with E-state index in [1.807, 2.05) is 97.1 Å². The van der Waals surface area contributed by atoms with E-state index in [4.69, 9.17) is 18.9 Å². The number of rotatable bonds is 4. The van der Waals surface area contributed by atoms with E-state index in [0.717, 1.165) is 22.3 Å². The highest BCUT2D eigenvalue weighted by Gasteiger charge is 2.35. The van der Waals surface area contributed by atoms with E-state index in [-0.39, 0.29) is 11.5 Å². The lowest BCUT2D eigenvalue weighted by Crippen LogP contribution is -2.24. The summed E-state index contributed by atoms with van der Waals surface area (Å²) in [6.45, 7) is 0. The molecule has 0 N–H and O–H groups in total. The van der Waals surface area contributed by atoms with E-state index in [2.05, 4.69) is 0 Å². The summed E-state index contributed by atoms with van der Waals surface area (Å²) in [5, 5.41) is 0. The first-order chi connectivity index (χ1) is 19.7. The van der Waals surface area contributed by atoms with Gasteiger partial charge in [-0.15, -0.1) is 0 Å². The maximum atomic E-state index is 13.5. The van der Waals surface area contributed by atoms with Gasteiger partial charge in [0.15, 0.2) is 0 Å². The fourth-order valence-corrected chi connectivity index (χ4v) is 5.28. The average Bonchev–Trinajstić information content (AvgIpc) is 2.98. The Bertz CT molecular complexity index is 1560. The van der Waals surface area contributed by atoms with Gasteiger partial charge < -0.3 is 18.9 Å². The molecule has 2 aliphatic rings. The third kappa shape index (κ3) is 4.16. The van der Waals surface area contributed by atoms with E-state index in [0.29, 0.717) is 23.0 Å². The van der Waals surface area contributed by atoms with Crippen LogP contribution in [0.5, 0.6) is 34.5 Å². The molecule has 0 aliphatic carbocycles. The molecule has 0 saturated heterocycles. The number of hydrogen-bond donors (Lipinski definition) is 0. The number of ether oxygens (including phenoxy) is 4. The Morgan fingerprint density at radius 2 is 0.775 bits per heavy atom. The van der Waals surface area contributed by atoms with E-state index >= 15 is 0 Å². The van der Waals surface area contributed by atoms with Crippen LogP contribution in [0.2, 0.25) is 0 Å². The molecule has 0 radical (unpaired) electrons. The molecule has 5 aromatic carbocycles. The van der Waals surface area contributed by atoms with Crippen molar-refractivity contribution in [2.45, 2.75) is 11.8 Å². The second-order valence-electron chi connectivity index (χ2n) is 9.54. The molecule has 6 nitrogen and oxygen atoms in total. The molecule has 0 spiro atoms. The molecular weight excluding hydrogens is 504 g/mol. The highest BCUT2D eigenvalue weighted by Crippen LogP contribution is 2.46. The molecule has 7 rings (SSSR count). The lowest BCUT2D eigenvalue weighted by atomic mass is 9.88. The largest absolute Gasteiger partial charge is 0.457 e. The van der Waals surface area contributed by atoms with E-state index in [1.54, 1.807) is 24.3 Å². The topological polar surface area (TPSA) is 71.1 Å². The molecule has 0 atom stereocenters. The third-order valence-corrected chi connectivity index (χ3v) is 7.07. The Morgan fingerprint density at radius 3 is 1.12 bits per heavy atom. The van der Waals surface area contributed by atoms with Gasteiger partial charge in [-0.1, -0.05) is 78.9 Å². The summed E-state index contributed by atoms with van der Waals surface area (Å²) >= 11 is 0. The number of para-hydroxylation sites is 4. The zero-order valence-corrected chi connectivity index (χ0v) is 21.2. The second kappa shape index (κ2) is 9.75. The molecule has 5 aromatic rings. The predicted molar refractivity (Wildman–Crippen MR) is 147 cm³/mol. The SMILES string of the molecule is O=C(Oc1cccc(OC(=O)C2c3ccccc3Oc3ccccc32)c1)C1c2ccccc2Oc2ccccc21. The van der Waals surface area contributed by atoms with Crippen molar-refractivity contribution in [1.29, 1.82) is 0 Å². The molecular formula is C34H22O6. The minimum Gasteiger partial charge on any atom is -0.457 e. The minimum atomic E-state index is -0.664. The molecule has 0 aromatic heterocycles. The second-order valence-corrected chi connectivity index (χ2v) is 9.54. The lowest BCUT2D eigenvalue weighted by molar-refractivity contribution is -0.135. The summed E-state index contributed by atoms with van der Waals surface area (Å²) in [5.41, 5.74) is 2.91. The molecule has 0 amide bonds. The first-order valence-corrected chi connectivity index (χ1v) is 12.9. The van der Waals surface area contributed by atoms with E-state index < -0.39 is 23.8 Å². The summed E-state index contributed by atoms with van der Waals surface area (Å²) in [7, 11) is 0. The Balaban J connectivity index is 1.15. The van der Waals surface area contributed by atoms with Crippen molar-refractivity contribution in [1.82, 2.24) is 0 Å². The number of carbonyl (C=O) groups is 2. The Kier molecular flexibility index (Phi) is 5.78. The standard InChI is InChI=1S/C34H22O6/c35-33(31-23-12-1-5-16-27(23)39-28-17-6-2-13-24(28)31)37-21-10-9-11-22(20-21)38-34(36)32-25-14-3-7-18-29(25)40-30-19-8-4-15-26(30)32/h1-20,31-32H. The van der Waals surface area contributed by atoms with Crippen molar-refractivity contribution in [2.75, 3.05) is 0 Å². The van der Waals surface area contributed by atoms with Crippen LogP contribution in [-0.2, 0) is 9.59 Å². The van der Waals surface area contributed by atoms with Crippen molar-refractivity contribution < 1.29 is 28.5 Å². The monoisotopic (exact) mass is 526 g/mol. The molecule has 194 valence electrons. The number of fused-ring (bicyclic) bond motifs is 4. The first-order valence-electron chi connectivity index (χ1n) is 12.9. The summed E-state index contributed by atoms with van der Waals surface area (Å²) in [6.07, 6.45) is 0. The normalized spacial score (nSPS) is 13.4. The summed E-state index contributed by atoms with van der Waals surface area (Å²) < 4.78 is 23.7. The maximum Gasteiger partial charge on any atom is 0.323 e. The Hall–Kier alpha value is -5.36. The van der Waals surface area contributed by atoms with Crippen LogP contribution in [0, 0.1) is 0 Å². The highest BCUT2D eigenvalue weighted by molar-refractivity contribution is 5.88. The van der Waals surface area contributed by atoms with Crippen molar-refractivity contribution in [3.63, 3.8) is 0 Å². The van der Waals surface area contributed by atoms with Crippen LogP contribution in [-0.4, -0.2) is 11.9 Å². The maximum absolute atomic E-state index is 13.5. The van der Waals surface area contributed by atoms with Gasteiger partial charge in [-0.3, -0.25) is 9.59 Å². The number of esters is 2. The lowest BCUT2D eigenvalue weighted by Gasteiger charge is -2.27. The molecule has 2 heterocycles. The summed E-state index contributed by atoms with van der Waals surface area (Å²) in [4.78, 5) is 27.1. The van der Waals surface area contributed by atoms with Crippen molar-refractivity contribution in [3.05, 3.63) is 144 Å². The van der Waals surface area contributed by atoms with Gasteiger partial charge in [-0.25, -0.2) is 0 Å². The summed E-state index contributed by atoms with van der Waals surface area (Å²) in [5.74, 6) is 0.744. The first kappa shape index (κ1) is 23.7. The van der Waals surface area contributed by atoms with Gasteiger partial charge in [0.2, 0.25) is 0 Å². The predicted octanol–water partition coefficient (Wildman–Crippen LogP) is 7.37. The molecule has 40 heavy (non-hydrogen) atoms. The smallest absolute Gasteiger partial charge is 0.323 e. The zero-order valence-electron chi connectivity index (χ0n) is 21.2. The van der Waals surface area contributed by atoms with Crippen LogP contribution in [0.4, 0.5) is 0 Å². The Morgan fingerprint density at radius 1 is 0.450 bits per heavy atom. The van der Waals surface area contributed by atoms with Gasteiger partial charge >= 0.3 is 11.9 Å². The number of carbonyl (C=O) groups excluding carboxylic acids is 2. The van der Waals surface area contributed by atoms with Crippen LogP contribution < -0.4 is 18.9 Å². The van der Waals surface area contributed by atoms with Gasteiger partial charge in [-0.2, -0.15) is 0 Å². The molecule has 2 aliphatic heterocycles. The Labute approximate surface area is 230 Å². The van der Waals surface area contributed by atoms with E-state index in [9.17, 15) is 9.59 Å². The number of hydrogen-bond acceptors (Lipinski definition) is 6. The minimum absolute atomic E-state index is 0.268. The van der Waals surface area contributed by atoms with Crippen molar-refractivity contribution in [2.24, 2.45) is 0 Å². The summed E-state index contributed by atoms with van der Waals surface area (Å²) in [6, 6.07) is 36.2. The van der Waals surface area contributed by atoms with Crippen LogP contribution in [0.15, 0.2) is 121 Å². The number of benzene rings is 5. The fraction of sp³-hybridized carbons (Fsp3) is 0.0588. The van der Waals surface area contributed by atoms with Crippen molar-refractivity contribution in [3.8, 4) is 34.5 Å². The third-order valence-electron chi connectivity index (χ3n) is 7.07. The zero-order chi connectivity index (χ0) is 27.1. The van der Waals surface area contributed by atoms with Gasteiger partial charge in [0, 0.05) is 28.3 Å². The van der Waals surface area contributed by atoms with Gasteiger partial charge in [0.25, 0.3) is 0 Å². The van der Waals surface area contributed by atoms with Crippen LogP contribution >= 0.6 is 0 Å². The molecule has 0 fully saturated rings. The van der Waals surface area contributed by atoms with Crippen molar-refractivity contribution >= 4 is 11.9 Å². The van der Waals surface area contributed by atoms with Crippen LogP contribution in [0.1, 0.15) is 34.1 Å². The van der Waals surface area contributed by atoms with Gasteiger partial charge in [0.1, 0.15) is 46.3 Å². The average molecular weight is 527 g/mol. The quantitative estimate of drug-likeness (QED) is 0.180. The van der Waals surface area contributed by atoms with E-state index in [1.165, 1.54) is 0 Å². The van der Waals surface area contributed by atoms with Crippen LogP contribution in [0.3, 0.4) is 0 Å². The molecule has 0 unspecified atom stereocenters.